The Balaban J connectivity index is 2.71. The van der Waals surface area contributed by atoms with Gasteiger partial charge in [0.1, 0.15) is 5.41 Å². The summed E-state index contributed by atoms with van der Waals surface area (Å²) in [4.78, 5) is 14.0. The minimum atomic E-state index is -0.921. The lowest BCUT2D eigenvalue weighted by molar-refractivity contribution is -0.138. The molecule has 1 fully saturated rings. The molecule has 5 heteroatoms. The Labute approximate surface area is 96.3 Å². The van der Waals surface area contributed by atoms with E-state index in [1.54, 1.807) is 18.7 Å². The van der Waals surface area contributed by atoms with Crippen molar-refractivity contribution in [1.29, 1.82) is 0 Å². The molecule has 3 N–H and O–H groups in total. The van der Waals surface area contributed by atoms with E-state index in [1.165, 1.54) is 0 Å². The molecule has 0 spiro atoms. The Bertz CT molecular complexity index is 292. The van der Waals surface area contributed by atoms with Crippen LogP contribution in [0.4, 0.5) is 0 Å². The Hall–Kier alpha value is -1.26. The molecule has 5 nitrogen and oxygen atoms in total. The molecule has 1 rings (SSSR count). The van der Waals surface area contributed by atoms with Crippen molar-refractivity contribution in [3.05, 3.63) is 0 Å². The predicted octanol–water partition coefficient (Wildman–Crippen LogP) is 1.02. The van der Waals surface area contributed by atoms with Crippen LogP contribution in [0.25, 0.3) is 0 Å². The van der Waals surface area contributed by atoms with Crippen LogP contribution in [0.15, 0.2) is 5.16 Å². The first-order valence-electron chi connectivity index (χ1n) is 5.67. The Morgan fingerprint density at radius 3 is 2.38 bits per heavy atom. The van der Waals surface area contributed by atoms with Gasteiger partial charge in [0.2, 0.25) is 5.91 Å². The summed E-state index contributed by atoms with van der Waals surface area (Å²) in [5.41, 5.74) is 4.62. The largest absolute Gasteiger partial charge is 0.409 e. The lowest BCUT2D eigenvalue weighted by Crippen LogP contribution is -2.50. The average molecular weight is 227 g/mol. The number of oxime groups is 1. The number of piperidine rings is 1. The van der Waals surface area contributed by atoms with Crippen LogP contribution >= 0.6 is 0 Å². The first-order valence-corrected chi connectivity index (χ1v) is 5.67. The monoisotopic (exact) mass is 227 g/mol. The fourth-order valence-corrected chi connectivity index (χ4v) is 1.84. The van der Waals surface area contributed by atoms with Crippen LogP contribution in [-0.2, 0) is 4.79 Å². The molecule has 1 heterocycles. The zero-order valence-corrected chi connectivity index (χ0v) is 10.2. The van der Waals surface area contributed by atoms with Crippen molar-refractivity contribution in [2.24, 2.45) is 22.2 Å². The summed E-state index contributed by atoms with van der Waals surface area (Å²) in [5, 5.41) is 11.6. The van der Waals surface area contributed by atoms with Gasteiger partial charge >= 0.3 is 0 Å². The van der Waals surface area contributed by atoms with Crippen molar-refractivity contribution in [2.45, 2.75) is 33.6 Å². The van der Waals surface area contributed by atoms with Crippen molar-refractivity contribution in [3.63, 3.8) is 0 Å². The highest BCUT2D eigenvalue weighted by molar-refractivity contribution is 6.05. The number of nitrogens with two attached hydrogens (primary N) is 1. The standard InChI is InChI=1S/C11H21N3O2/c1-8-4-6-14(7-5-8)10(15)11(2,3)9(12)13-16/h8,16H,4-7H2,1-3H3,(H2,12,13). The number of rotatable bonds is 2. The van der Waals surface area contributed by atoms with E-state index in [1.807, 2.05) is 0 Å². The van der Waals surface area contributed by atoms with E-state index in [0.717, 1.165) is 25.9 Å². The molecule has 1 amide bonds. The predicted molar refractivity (Wildman–Crippen MR) is 62.2 cm³/mol. The quantitative estimate of drug-likeness (QED) is 0.320. The van der Waals surface area contributed by atoms with E-state index >= 15 is 0 Å². The maximum absolute atomic E-state index is 12.2. The summed E-state index contributed by atoms with van der Waals surface area (Å²) in [6, 6.07) is 0. The number of nitrogens with zero attached hydrogens (tertiary/aromatic N) is 2. The van der Waals surface area contributed by atoms with Crippen LogP contribution in [0, 0.1) is 11.3 Å². The molecule has 0 aromatic carbocycles. The second kappa shape index (κ2) is 4.72. The molecule has 1 saturated heterocycles. The van der Waals surface area contributed by atoms with Crippen molar-refractivity contribution < 1.29 is 10.0 Å². The molecule has 1 aliphatic rings. The Morgan fingerprint density at radius 2 is 1.94 bits per heavy atom. The fraction of sp³-hybridized carbons (Fsp3) is 0.818. The van der Waals surface area contributed by atoms with Crippen LogP contribution in [0.5, 0.6) is 0 Å². The third kappa shape index (κ3) is 2.46. The maximum Gasteiger partial charge on any atom is 0.235 e. The van der Waals surface area contributed by atoms with Crippen LogP contribution in [0.3, 0.4) is 0 Å². The molecular formula is C11H21N3O2. The molecule has 0 saturated carbocycles. The van der Waals surface area contributed by atoms with Crippen molar-refractivity contribution in [2.75, 3.05) is 13.1 Å². The molecule has 0 aliphatic carbocycles. The normalized spacial score (nSPS) is 19.9. The summed E-state index contributed by atoms with van der Waals surface area (Å²) < 4.78 is 0. The van der Waals surface area contributed by atoms with Gasteiger partial charge in [-0.3, -0.25) is 4.79 Å². The van der Waals surface area contributed by atoms with Gasteiger partial charge in [0.05, 0.1) is 0 Å². The first kappa shape index (κ1) is 12.8. The third-order valence-corrected chi connectivity index (χ3v) is 3.35. The number of carbonyl (C=O) groups is 1. The van der Waals surface area contributed by atoms with E-state index in [9.17, 15) is 4.79 Å². The van der Waals surface area contributed by atoms with Gasteiger partial charge in [-0.15, -0.1) is 0 Å². The minimum absolute atomic E-state index is 0.0314. The number of hydrogen-bond acceptors (Lipinski definition) is 3. The lowest BCUT2D eigenvalue weighted by Gasteiger charge is -2.35. The number of hydrogen-bond donors (Lipinski definition) is 2. The molecule has 0 atom stereocenters. The molecule has 16 heavy (non-hydrogen) atoms. The van der Waals surface area contributed by atoms with Gasteiger partial charge < -0.3 is 15.8 Å². The first-order chi connectivity index (χ1) is 7.39. The Morgan fingerprint density at radius 1 is 1.44 bits per heavy atom. The van der Waals surface area contributed by atoms with Crippen molar-refractivity contribution >= 4 is 11.7 Å². The topological polar surface area (TPSA) is 78.9 Å². The van der Waals surface area contributed by atoms with Gasteiger partial charge in [-0.1, -0.05) is 12.1 Å². The number of likely N-dealkylation sites (tertiary alicyclic amines) is 1. The fourth-order valence-electron chi connectivity index (χ4n) is 1.84. The second-order valence-electron chi connectivity index (χ2n) is 5.08. The van der Waals surface area contributed by atoms with Gasteiger partial charge in [0, 0.05) is 13.1 Å². The summed E-state index contributed by atoms with van der Waals surface area (Å²) in [6.45, 7) is 7.09. The van der Waals surface area contributed by atoms with Crippen LogP contribution in [0.1, 0.15) is 33.6 Å². The van der Waals surface area contributed by atoms with E-state index in [2.05, 4.69) is 12.1 Å². The molecule has 0 aromatic heterocycles. The number of amidine groups is 1. The van der Waals surface area contributed by atoms with Crippen LogP contribution < -0.4 is 5.73 Å². The molecular weight excluding hydrogens is 206 g/mol. The summed E-state index contributed by atoms with van der Waals surface area (Å²) >= 11 is 0. The second-order valence-corrected chi connectivity index (χ2v) is 5.08. The van der Waals surface area contributed by atoms with Crippen molar-refractivity contribution in [3.8, 4) is 0 Å². The summed E-state index contributed by atoms with van der Waals surface area (Å²) in [6.07, 6.45) is 2.05. The van der Waals surface area contributed by atoms with Gasteiger partial charge in [-0.25, -0.2) is 0 Å². The highest BCUT2D eigenvalue weighted by atomic mass is 16.4. The van der Waals surface area contributed by atoms with Gasteiger partial charge in [-0.05, 0) is 32.6 Å². The SMILES string of the molecule is CC1CCN(C(=O)C(C)(C)C(N)=NO)CC1. The molecule has 0 radical (unpaired) electrons. The number of amides is 1. The maximum atomic E-state index is 12.2. The summed E-state index contributed by atoms with van der Waals surface area (Å²) in [5.74, 6) is 0.585. The lowest BCUT2D eigenvalue weighted by atomic mass is 9.88. The van der Waals surface area contributed by atoms with Gasteiger partial charge in [0.15, 0.2) is 5.84 Å². The molecule has 0 bridgehead atoms. The highest BCUT2D eigenvalue weighted by Gasteiger charge is 2.37. The van der Waals surface area contributed by atoms with E-state index in [4.69, 9.17) is 10.9 Å². The number of carbonyl (C=O) groups excluding carboxylic acids is 1. The average Bonchev–Trinajstić information content (AvgIpc) is 2.28. The van der Waals surface area contributed by atoms with Crippen molar-refractivity contribution in [1.82, 2.24) is 4.90 Å². The molecule has 0 unspecified atom stereocenters. The molecule has 0 aromatic rings. The van der Waals surface area contributed by atoms with E-state index < -0.39 is 5.41 Å². The van der Waals surface area contributed by atoms with E-state index in [0.29, 0.717) is 5.92 Å². The summed E-state index contributed by atoms with van der Waals surface area (Å²) in [7, 11) is 0. The van der Waals surface area contributed by atoms with Gasteiger partial charge in [0.25, 0.3) is 0 Å². The zero-order chi connectivity index (χ0) is 12.3. The van der Waals surface area contributed by atoms with E-state index in [-0.39, 0.29) is 11.7 Å². The highest BCUT2D eigenvalue weighted by Crippen LogP contribution is 2.23. The van der Waals surface area contributed by atoms with Crippen LogP contribution in [-0.4, -0.2) is 34.9 Å². The third-order valence-electron chi connectivity index (χ3n) is 3.35. The molecule has 1 aliphatic heterocycles. The molecule has 92 valence electrons. The minimum Gasteiger partial charge on any atom is -0.409 e. The smallest absolute Gasteiger partial charge is 0.235 e. The van der Waals surface area contributed by atoms with Crippen LogP contribution in [0.2, 0.25) is 0 Å². The van der Waals surface area contributed by atoms with Gasteiger partial charge in [-0.2, -0.15) is 0 Å². The Kier molecular flexibility index (Phi) is 3.78. The zero-order valence-electron chi connectivity index (χ0n) is 10.2.